The minimum atomic E-state index is -1.09. The Morgan fingerprint density at radius 1 is 1.07 bits per heavy atom. The van der Waals surface area contributed by atoms with E-state index in [9.17, 15) is 24.9 Å². The Bertz CT molecular complexity index is 925. The number of cyclic esters (lactones) is 1. The number of hydrogen-bond donors (Lipinski definition) is 4. The molecule has 2 rings (SSSR count). The molecule has 4 N–H and O–H groups in total. The number of hydrogen-bond acceptors (Lipinski definition) is 10. The molecule has 0 aromatic rings. The molecule has 1 fully saturated rings. The summed E-state index contributed by atoms with van der Waals surface area (Å²) < 4.78 is 18.5. The van der Waals surface area contributed by atoms with Crippen molar-refractivity contribution in [2.75, 3.05) is 33.8 Å². The highest BCUT2D eigenvalue weighted by Gasteiger charge is 2.43. The molecule has 0 aromatic heterocycles. The Hall–Kier alpha value is -1.66. The highest BCUT2D eigenvalue weighted by molar-refractivity contribution is 5.91. The first-order valence-corrected chi connectivity index (χ1v) is 16.0. The van der Waals surface area contributed by atoms with Gasteiger partial charge in [-0.2, -0.15) is 0 Å². The summed E-state index contributed by atoms with van der Waals surface area (Å²) in [6.45, 7) is 12.5. The molecular weight excluding hydrogens is 552 g/mol. The zero-order valence-electron chi connectivity index (χ0n) is 27.6. The second-order valence-corrected chi connectivity index (χ2v) is 12.9. The predicted octanol–water partition coefficient (Wildman–Crippen LogP) is 2.84. The highest BCUT2D eigenvalue weighted by Crippen LogP contribution is 2.34. The molecule has 0 spiro atoms. The molecule has 0 aromatic carbocycles. The molecule has 0 saturated carbocycles. The number of carbonyl (C=O) groups excluding carboxylic acids is 2. The monoisotopic (exact) mass is 610 g/mol. The van der Waals surface area contributed by atoms with Gasteiger partial charge in [-0.15, -0.1) is 0 Å². The lowest BCUT2D eigenvalue weighted by atomic mass is 9.79. The van der Waals surface area contributed by atoms with E-state index in [0.717, 1.165) is 5.57 Å². The molecule has 248 valence electrons. The van der Waals surface area contributed by atoms with Crippen molar-refractivity contribution in [2.24, 2.45) is 23.7 Å². The van der Waals surface area contributed by atoms with Crippen LogP contribution in [0.25, 0.3) is 0 Å². The van der Waals surface area contributed by atoms with Crippen LogP contribution >= 0.6 is 0 Å². The van der Waals surface area contributed by atoms with Gasteiger partial charge in [-0.1, -0.05) is 45.4 Å². The number of esters is 1. The number of likely N-dealkylation sites (N-methyl/N-ethyl adjacent to an activating group) is 1. The van der Waals surface area contributed by atoms with Crippen LogP contribution in [-0.4, -0.2) is 109 Å². The number of nitrogens with one attached hydrogen (secondary N) is 1. The topological polar surface area (TPSA) is 138 Å². The van der Waals surface area contributed by atoms with Crippen molar-refractivity contribution < 1.29 is 39.1 Å². The molecule has 0 amide bonds. The standard InChI is InChI=1S/C33H58N2O8/c1-9-29-22(4)16-20(2)10-11-27(37)21(3)17-25(12-13-34-14-15-36)32(24(6)28(38)19-30(39)42-29)43-33-31(40)26(35(7)8)18-23(5)41-33/h10-11,16,21-26,28-29,31-34,36,38,40H,9,12-15,17-19H2,1-8H3/b11-10+,20-16+/t21-,22+,23-,24+,25+,26+,28?,29-,31-,32-,33+/m1/s1. The largest absolute Gasteiger partial charge is 0.462 e. The van der Waals surface area contributed by atoms with E-state index in [1.54, 1.807) is 6.08 Å². The van der Waals surface area contributed by atoms with Gasteiger partial charge in [0, 0.05) is 30.3 Å². The van der Waals surface area contributed by atoms with Gasteiger partial charge >= 0.3 is 5.97 Å². The predicted molar refractivity (Wildman–Crippen MR) is 166 cm³/mol. The summed E-state index contributed by atoms with van der Waals surface area (Å²) in [6, 6.07) is -0.185. The molecule has 43 heavy (non-hydrogen) atoms. The fourth-order valence-corrected chi connectivity index (χ4v) is 6.26. The average Bonchev–Trinajstić information content (AvgIpc) is 2.95. The van der Waals surface area contributed by atoms with Gasteiger partial charge < -0.3 is 39.7 Å². The molecule has 1 unspecified atom stereocenters. The lowest BCUT2D eigenvalue weighted by Crippen LogP contribution is -2.56. The zero-order valence-corrected chi connectivity index (χ0v) is 27.6. The van der Waals surface area contributed by atoms with Crippen LogP contribution in [0.5, 0.6) is 0 Å². The number of ketones is 1. The van der Waals surface area contributed by atoms with E-state index in [1.807, 2.05) is 72.7 Å². The van der Waals surface area contributed by atoms with Gasteiger partial charge in [0.1, 0.15) is 12.2 Å². The highest BCUT2D eigenvalue weighted by atomic mass is 16.7. The summed E-state index contributed by atoms with van der Waals surface area (Å²) in [5.74, 6) is -1.69. The average molecular weight is 611 g/mol. The van der Waals surface area contributed by atoms with E-state index in [4.69, 9.17) is 14.2 Å². The molecule has 10 heteroatoms. The lowest BCUT2D eigenvalue weighted by molar-refractivity contribution is -0.283. The fraction of sp³-hybridized carbons (Fsp3) is 0.818. The number of carbonyl (C=O) groups is 2. The van der Waals surface area contributed by atoms with Crippen molar-refractivity contribution in [3.63, 3.8) is 0 Å². The first-order valence-electron chi connectivity index (χ1n) is 16.0. The Morgan fingerprint density at radius 2 is 1.77 bits per heavy atom. The van der Waals surface area contributed by atoms with Crippen molar-refractivity contribution in [1.82, 2.24) is 10.2 Å². The second-order valence-electron chi connectivity index (χ2n) is 12.9. The minimum Gasteiger partial charge on any atom is -0.462 e. The molecule has 10 nitrogen and oxygen atoms in total. The number of aliphatic hydroxyl groups excluding tert-OH is 3. The van der Waals surface area contributed by atoms with Gasteiger partial charge in [0.25, 0.3) is 0 Å². The summed E-state index contributed by atoms with van der Waals surface area (Å²) in [6.07, 6.45) is 3.34. The smallest absolute Gasteiger partial charge is 0.308 e. The normalized spacial score (nSPS) is 39.3. The molecule has 0 bridgehead atoms. The van der Waals surface area contributed by atoms with Crippen LogP contribution < -0.4 is 5.32 Å². The quantitative estimate of drug-likeness (QED) is 0.228. The Kier molecular flexibility index (Phi) is 16.0. The SMILES string of the molecule is CC[C@H]1OC(=O)CC(O)[C@H](C)[C@@H](O[C@@H]2O[C@H](C)C[C@H](N(C)C)[C@H]2O)[C@@H](CCNCCO)C[C@@H](C)C(=O)/C=C/C(C)=C/[C@@H]1C. The van der Waals surface area contributed by atoms with Crippen molar-refractivity contribution in [2.45, 2.75) is 116 Å². The van der Waals surface area contributed by atoms with Crippen LogP contribution in [-0.2, 0) is 23.8 Å². The first kappa shape index (κ1) is 37.5. The molecular formula is C33H58N2O8. The molecule has 0 aliphatic carbocycles. The zero-order chi connectivity index (χ0) is 32.3. The van der Waals surface area contributed by atoms with Crippen LogP contribution in [0.15, 0.2) is 23.8 Å². The maximum Gasteiger partial charge on any atom is 0.308 e. The number of rotatable bonds is 9. The van der Waals surface area contributed by atoms with Crippen LogP contribution in [0.1, 0.15) is 73.6 Å². The minimum absolute atomic E-state index is 0.00232. The van der Waals surface area contributed by atoms with E-state index >= 15 is 0 Å². The van der Waals surface area contributed by atoms with Gasteiger partial charge in [0.2, 0.25) is 0 Å². The molecule has 2 aliphatic heterocycles. The first-order chi connectivity index (χ1) is 20.3. The van der Waals surface area contributed by atoms with E-state index in [1.165, 1.54) is 0 Å². The third kappa shape index (κ3) is 11.7. The molecule has 0 radical (unpaired) electrons. The van der Waals surface area contributed by atoms with Crippen LogP contribution in [0.4, 0.5) is 0 Å². The Balaban J connectivity index is 2.51. The summed E-state index contributed by atoms with van der Waals surface area (Å²) in [5, 5.41) is 35.2. The van der Waals surface area contributed by atoms with E-state index in [0.29, 0.717) is 38.8 Å². The number of nitrogens with zero attached hydrogens (tertiary/aromatic N) is 1. The summed E-state index contributed by atoms with van der Waals surface area (Å²) >= 11 is 0. The van der Waals surface area contributed by atoms with E-state index in [2.05, 4.69) is 5.32 Å². The third-order valence-corrected chi connectivity index (χ3v) is 8.96. The van der Waals surface area contributed by atoms with Crippen molar-refractivity contribution in [1.29, 1.82) is 0 Å². The third-order valence-electron chi connectivity index (χ3n) is 8.96. The van der Waals surface area contributed by atoms with E-state index < -0.39 is 36.5 Å². The molecule has 1 saturated heterocycles. The maximum absolute atomic E-state index is 13.3. The van der Waals surface area contributed by atoms with Gasteiger partial charge in [-0.25, -0.2) is 0 Å². The molecule has 2 heterocycles. The summed E-state index contributed by atoms with van der Waals surface area (Å²) in [4.78, 5) is 28.3. The van der Waals surface area contributed by atoms with Gasteiger partial charge in [0.15, 0.2) is 12.1 Å². The van der Waals surface area contributed by atoms with Gasteiger partial charge in [0.05, 0.1) is 31.3 Å². The van der Waals surface area contributed by atoms with Crippen molar-refractivity contribution >= 4 is 11.8 Å². The number of aliphatic hydroxyl groups is 3. The summed E-state index contributed by atoms with van der Waals surface area (Å²) in [7, 11) is 3.82. The van der Waals surface area contributed by atoms with Crippen molar-refractivity contribution in [3.8, 4) is 0 Å². The van der Waals surface area contributed by atoms with Crippen LogP contribution in [0.2, 0.25) is 0 Å². The van der Waals surface area contributed by atoms with Gasteiger partial charge in [-0.05, 0) is 72.2 Å². The fourth-order valence-electron chi connectivity index (χ4n) is 6.26. The molecule has 2 aliphatic rings. The second kappa shape index (κ2) is 18.3. The van der Waals surface area contributed by atoms with Crippen molar-refractivity contribution in [3.05, 3.63) is 23.8 Å². The number of ether oxygens (including phenoxy) is 3. The Labute approximate surface area is 258 Å². The van der Waals surface area contributed by atoms with Crippen LogP contribution in [0, 0.1) is 23.7 Å². The maximum atomic E-state index is 13.3. The summed E-state index contributed by atoms with van der Waals surface area (Å²) in [5.41, 5.74) is 0.905. The Morgan fingerprint density at radius 3 is 2.40 bits per heavy atom. The molecule has 11 atom stereocenters. The van der Waals surface area contributed by atoms with E-state index in [-0.39, 0.29) is 54.8 Å². The van der Waals surface area contributed by atoms with Gasteiger partial charge in [-0.3, -0.25) is 9.59 Å². The van der Waals surface area contributed by atoms with Crippen LogP contribution in [0.3, 0.4) is 0 Å². The lowest BCUT2D eigenvalue weighted by Gasteiger charge is -2.44. The number of allylic oxidation sites excluding steroid dienone is 3.